The number of carbonyl (C=O) groups is 3. The number of hydrogen-bond donors (Lipinski definition) is 3. The second kappa shape index (κ2) is 7.32. The molecule has 0 aromatic carbocycles. The third kappa shape index (κ3) is 4.83. The predicted octanol–water partition coefficient (Wildman–Crippen LogP) is 0.564. The first-order valence-electron chi connectivity index (χ1n) is 6.37. The third-order valence-electron chi connectivity index (χ3n) is 2.91. The van der Waals surface area contributed by atoms with E-state index in [9.17, 15) is 14.4 Å². The van der Waals surface area contributed by atoms with Gasteiger partial charge in [0.2, 0.25) is 5.91 Å². The fourth-order valence-electron chi connectivity index (χ4n) is 1.64. The SMILES string of the molecule is CNC(=O)CCN(C)C(=O)NCc1cc(C(=O)O)c(C)o1. The van der Waals surface area contributed by atoms with E-state index in [-0.39, 0.29) is 37.0 Å². The summed E-state index contributed by atoms with van der Waals surface area (Å²) in [5.41, 5.74) is 0.0761. The van der Waals surface area contributed by atoms with Crippen LogP contribution in [0, 0.1) is 6.92 Å². The van der Waals surface area contributed by atoms with E-state index in [1.165, 1.54) is 18.0 Å². The van der Waals surface area contributed by atoms with Crippen LogP contribution in [0.3, 0.4) is 0 Å². The minimum absolute atomic E-state index is 0.0761. The number of rotatable bonds is 6. The number of nitrogens with zero attached hydrogens (tertiary/aromatic N) is 1. The minimum atomic E-state index is -1.07. The highest BCUT2D eigenvalue weighted by atomic mass is 16.4. The number of urea groups is 1. The van der Waals surface area contributed by atoms with E-state index in [0.29, 0.717) is 11.5 Å². The van der Waals surface area contributed by atoms with Gasteiger partial charge in [-0.05, 0) is 13.0 Å². The number of nitrogens with one attached hydrogen (secondary N) is 2. The van der Waals surface area contributed by atoms with E-state index in [4.69, 9.17) is 9.52 Å². The van der Waals surface area contributed by atoms with Gasteiger partial charge in [0.05, 0.1) is 6.54 Å². The van der Waals surface area contributed by atoms with Crippen molar-refractivity contribution in [3.63, 3.8) is 0 Å². The second-order valence-electron chi connectivity index (χ2n) is 4.49. The second-order valence-corrected chi connectivity index (χ2v) is 4.49. The van der Waals surface area contributed by atoms with Crippen molar-refractivity contribution in [2.75, 3.05) is 20.6 Å². The zero-order valence-electron chi connectivity index (χ0n) is 12.2. The molecular weight excluding hydrogens is 278 g/mol. The summed E-state index contributed by atoms with van der Waals surface area (Å²) >= 11 is 0. The van der Waals surface area contributed by atoms with Crippen LogP contribution in [-0.4, -0.2) is 48.6 Å². The zero-order chi connectivity index (χ0) is 16.0. The summed E-state index contributed by atoms with van der Waals surface area (Å²) in [7, 11) is 3.09. The number of hydrogen-bond acceptors (Lipinski definition) is 4. The third-order valence-corrected chi connectivity index (χ3v) is 2.91. The van der Waals surface area contributed by atoms with Gasteiger partial charge in [-0.1, -0.05) is 0 Å². The van der Waals surface area contributed by atoms with Crippen molar-refractivity contribution in [1.29, 1.82) is 0 Å². The Morgan fingerprint density at radius 1 is 1.38 bits per heavy atom. The lowest BCUT2D eigenvalue weighted by molar-refractivity contribution is -0.120. The van der Waals surface area contributed by atoms with Crippen molar-refractivity contribution in [2.24, 2.45) is 0 Å². The molecule has 0 aliphatic carbocycles. The van der Waals surface area contributed by atoms with Crippen LogP contribution in [0.1, 0.15) is 28.3 Å². The summed E-state index contributed by atoms with van der Waals surface area (Å²) in [6, 6.07) is 1.01. The molecule has 1 aromatic rings. The van der Waals surface area contributed by atoms with Crippen LogP contribution in [0.5, 0.6) is 0 Å². The van der Waals surface area contributed by atoms with Crippen LogP contribution in [0.4, 0.5) is 4.79 Å². The van der Waals surface area contributed by atoms with Crippen LogP contribution in [0.15, 0.2) is 10.5 Å². The van der Waals surface area contributed by atoms with Gasteiger partial charge in [0.1, 0.15) is 17.1 Å². The van der Waals surface area contributed by atoms with Gasteiger partial charge < -0.3 is 25.1 Å². The van der Waals surface area contributed by atoms with Crippen LogP contribution in [0.25, 0.3) is 0 Å². The summed E-state index contributed by atoms with van der Waals surface area (Å²) in [5.74, 6) is -0.573. The van der Waals surface area contributed by atoms with Gasteiger partial charge in [-0.25, -0.2) is 9.59 Å². The molecule has 8 nitrogen and oxygen atoms in total. The summed E-state index contributed by atoms with van der Waals surface area (Å²) in [6.45, 7) is 1.91. The Bertz CT molecular complexity index is 538. The lowest BCUT2D eigenvalue weighted by Gasteiger charge is -2.16. The van der Waals surface area contributed by atoms with Crippen molar-refractivity contribution in [2.45, 2.75) is 19.9 Å². The molecule has 116 valence electrons. The quantitative estimate of drug-likeness (QED) is 0.710. The predicted molar refractivity (Wildman–Crippen MR) is 74.0 cm³/mol. The maximum Gasteiger partial charge on any atom is 0.339 e. The standard InChI is InChI=1S/C13H19N3O5/c1-8-10(12(18)19)6-9(21-8)7-15-13(20)16(3)5-4-11(17)14-2/h6H,4-5,7H2,1-3H3,(H,14,17)(H,15,20)(H,18,19). The van der Waals surface area contributed by atoms with E-state index in [1.807, 2.05) is 0 Å². The summed E-state index contributed by atoms with van der Waals surface area (Å²) in [6.07, 6.45) is 0.212. The van der Waals surface area contributed by atoms with Crippen molar-refractivity contribution < 1.29 is 23.9 Å². The van der Waals surface area contributed by atoms with Crippen LogP contribution in [0.2, 0.25) is 0 Å². The van der Waals surface area contributed by atoms with E-state index in [1.54, 1.807) is 14.0 Å². The molecule has 0 fully saturated rings. The Balaban J connectivity index is 2.47. The van der Waals surface area contributed by atoms with Crippen LogP contribution < -0.4 is 10.6 Å². The Labute approximate surface area is 122 Å². The molecule has 0 bridgehead atoms. The van der Waals surface area contributed by atoms with Gasteiger partial charge in [0, 0.05) is 27.1 Å². The highest BCUT2D eigenvalue weighted by molar-refractivity contribution is 5.88. The van der Waals surface area contributed by atoms with Crippen LogP contribution >= 0.6 is 0 Å². The van der Waals surface area contributed by atoms with Gasteiger partial charge in [0.25, 0.3) is 0 Å². The number of amides is 3. The topological polar surface area (TPSA) is 112 Å². The van der Waals surface area contributed by atoms with E-state index < -0.39 is 5.97 Å². The highest BCUT2D eigenvalue weighted by Crippen LogP contribution is 2.14. The molecular formula is C13H19N3O5. The minimum Gasteiger partial charge on any atom is -0.478 e. The Hall–Kier alpha value is -2.51. The fraction of sp³-hybridized carbons (Fsp3) is 0.462. The molecule has 0 atom stereocenters. The van der Waals surface area contributed by atoms with Gasteiger partial charge >= 0.3 is 12.0 Å². The largest absolute Gasteiger partial charge is 0.478 e. The maximum absolute atomic E-state index is 11.8. The zero-order valence-corrected chi connectivity index (χ0v) is 12.2. The smallest absolute Gasteiger partial charge is 0.339 e. The molecule has 0 radical (unpaired) electrons. The number of aromatic carboxylic acids is 1. The number of carbonyl (C=O) groups excluding carboxylic acids is 2. The Morgan fingerprint density at radius 2 is 2.05 bits per heavy atom. The van der Waals surface area contributed by atoms with E-state index >= 15 is 0 Å². The van der Waals surface area contributed by atoms with Crippen molar-refractivity contribution in [1.82, 2.24) is 15.5 Å². The maximum atomic E-state index is 11.8. The average molecular weight is 297 g/mol. The first-order chi connectivity index (χ1) is 9.85. The summed E-state index contributed by atoms with van der Waals surface area (Å²) in [5, 5.41) is 14.0. The monoisotopic (exact) mass is 297 g/mol. The molecule has 0 saturated carbocycles. The van der Waals surface area contributed by atoms with Crippen molar-refractivity contribution in [3.05, 3.63) is 23.2 Å². The molecule has 0 aliphatic heterocycles. The van der Waals surface area contributed by atoms with Gasteiger partial charge in [0.15, 0.2) is 0 Å². The molecule has 0 saturated heterocycles. The molecule has 0 aliphatic rings. The number of furan rings is 1. The number of carboxylic acids is 1. The normalized spacial score (nSPS) is 10.0. The van der Waals surface area contributed by atoms with E-state index in [2.05, 4.69) is 10.6 Å². The number of carboxylic acid groups (broad SMARTS) is 1. The lowest BCUT2D eigenvalue weighted by Crippen LogP contribution is -2.38. The Kier molecular flexibility index (Phi) is 5.77. The molecule has 1 rings (SSSR count). The first-order valence-corrected chi connectivity index (χ1v) is 6.37. The van der Waals surface area contributed by atoms with E-state index in [0.717, 1.165) is 0 Å². The van der Waals surface area contributed by atoms with Crippen molar-refractivity contribution in [3.8, 4) is 0 Å². The molecule has 21 heavy (non-hydrogen) atoms. The molecule has 1 heterocycles. The van der Waals surface area contributed by atoms with Crippen LogP contribution in [-0.2, 0) is 11.3 Å². The van der Waals surface area contributed by atoms with Crippen molar-refractivity contribution >= 4 is 17.9 Å². The molecule has 3 N–H and O–H groups in total. The molecule has 0 spiro atoms. The van der Waals surface area contributed by atoms with Gasteiger partial charge in [-0.3, -0.25) is 4.79 Å². The molecule has 8 heteroatoms. The number of aryl methyl sites for hydroxylation is 1. The summed E-state index contributed by atoms with van der Waals surface area (Å²) in [4.78, 5) is 35.1. The molecule has 0 unspecified atom stereocenters. The first kappa shape index (κ1) is 16.5. The molecule has 1 aromatic heterocycles. The Morgan fingerprint density at radius 3 is 2.57 bits per heavy atom. The lowest BCUT2D eigenvalue weighted by atomic mass is 10.2. The van der Waals surface area contributed by atoms with Gasteiger partial charge in [-0.15, -0.1) is 0 Å². The van der Waals surface area contributed by atoms with Gasteiger partial charge in [-0.2, -0.15) is 0 Å². The molecule has 3 amide bonds. The average Bonchev–Trinajstić information content (AvgIpc) is 2.82. The highest BCUT2D eigenvalue weighted by Gasteiger charge is 2.15. The fourth-order valence-corrected chi connectivity index (χ4v) is 1.64. The summed E-state index contributed by atoms with van der Waals surface area (Å²) < 4.78 is 5.24.